The Kier molecular flexibility index (Phi) is 23.5. The number of ketones is 2. The molecule has 9 rings (SSSR count). The Balaban J connectivity index is 0.000000210. The summed E-state index contributed by atoms with van der Waals surface area (Å²) in [7, 11) is -1.00. The molecule has 4 amide bonds. The van der Waals surface area contributed by atoms with Gasteiger partial charge in [-0.3, -0.25) is 38.5 Å². The van der Waals surface area contributed by atoms with Gasteiger partial charge in [0.15, 0.2) is 11.6 Å². The molecular formula is C59H78FN5O17S2. The molecule has 5 saturated heterocycles. The van der Waals surface area contributed by atoms with Crippen molar-refractivity contribution in [2.75, 3.05) is 20.4 Å². The first-order valence-corrected chi connectivity index (χ1v) is 29.8. The number of aromatic hydroxyl groups is 2. The number of imide groups is 1. The van der Waals surface area contributed by atoms with E-state index >= 15 is 0 Å². The van der Waals surface area contributed by atoms with Crippen LogP contribution in [0.25, 0.3) is 0 Å². The van der Waals surface area contributed by atoms with Crippen molar-refractivity contribution in [2.24, 2.45) is 17.6 Å². The second-order valence-corrected chi connectivity index (χ2v) is 26.0. The van der Waals surface area contributed by atoms with Crippen LogP contribution >= 0.6 is 23.5 Å². The molecule has 5 fully saturated rings. The molecule has 84 heavy (non-hydrogen) atoms. The maximum Gasteiger partial charge on any atom is 0.358 e. The number of aliphatic carboxylic acids is 2. The SMILES string of the molecule is CC1(C)S[C@@H]2[C@H](CC(=O)[C@H](N)c3ccc(O)cc3)C(=O)N2[C@H]1C(=O)O.CC1(C)S[C@@H]2[C@H](CC(=O)[C@H](NC(O)COC3CC/C=C/CCC3)c3ccc(O)cc3)C(=O)N2[C@H]1C(=O)O.O=C(COC1CC/C=C/CCC1)ON1C(=O)CCC1=O.[2H]CF. The molecule has 2 aliphatic carbocycles. The molecule has 0 spiro atoms. The topological polar surface area (TPSA) is 330 Å². The predicted molar refractivity (Wildman–Crippen MR) is 307 cm³/mol. The number of ether oxygens (including phenoxy) is 2. The van der Waals surface area contributed by atoms with Crippen molar-refractivity contribution in [1.29, 1.82) is 0 Å². The van der Waals surface area contributed by atoms with Gasteiger partial charge in [-0.2, -0.15) is 0 Å². The number of alkyl halides is 1. The van der Waals surface area contributed by atoms with E-state index in [2.05, 4.69) is 29.6 Å². The number of rotatable bonds is 19. The van der Waals surface area contributed by atoms with E-state index in [0.29, 0.717) is 16.2 Å². The zero-order valence-electron chi connectivity index (χ0n) is 48.5. The quantitative estimate of drug-likeness (QED) is 0.0358. The molecule has 25 heteroatoms. The zero-order valence-corrected chi connectivity index (χ0v) is 49.2. The van der Waals surface area contributed by atoms with Gasteiger partial charge in [-0.05, 0) is 127 Å². The van der Waals surface area contributed by atoms with Gasteiger partial charge < -0.3 is 55.4 Å². The number of hydrogen-bond donors (Lipinski definition) is 7. The van der Waals surface area contributed by atoms with Crippen LogP contribution in [0.2, 0.25) is 0 Å². The minimum absolute atomic E-state index is 0.0132. The van der Waals surface area contributed by atoms with Crippen LogP contribution in [0.3, 0.4) is 0 Å². The van der Waals surface area contributed by atoms with Crippen molar-refractivity contribution in [3.63, 3.8) is 0 Å². The molecule has 22 nitrogen and oxygen atoms in total. The third-order valence-corrected chi connectivity index (χ3v) is 18.7. The lowest BCUT2D eigenvalue weighted by atomic mass is 9.86. The van der Waals surface area contributed by atoms with Gasteiger partial charge in [0.25, 0.3) is 11.8 Å². The van der Waals surface area contributed by atoms with E-state index in [1.807, 2.05) is 0 Å². The van der Waals surface area contributed by atoms with Gasteiger partial charge in [-0.15, -0.1) is 28.6 Å². The summed E-state index contributed by atoms with van der Waals surface area (Å²) in [5.41, 5.74) is 7.08. The predicted octanol–water partition coefficient (Wildman–Crippen LogP) is 6.17. The number of phenolic OH excluding ortho intramolecular Hbond substituents is 2. The molecule has 5 aliphatic heterocycles. The molecule has 2 aromatic rings. The van der Waals surface area contributed by atoms with E-state index < -0.39 is 88.6 Å². The highest BCUT2D eigenvalue weighted by Gasteiger charge is 2.65. The second kappa shape index (κ2) is 30.2. The number of fused-ring (bicyclic) bond motifs is 2. The highest BCUT2D eigenvalue weighted by molar-refractivity contribution is 8.02. The van der Waals surface area contributed by atoms with Crippen molar-refractivity contribution in [3.8, 4) is 11.5 Å². The first kappa shape index (κ1) is 65.3. The number of hydroxylamine groups is 2. The second-order valence-electron chi connectivity index (χ2n) is 22.4. The van der Waals surface area contributed by atoms with Gasteiger partial charge in [0, 0.05) is 35.2 Å². The monoisotopic (exact) mass is 1210 g/mol. The van der Waals surface area contributed by atoms with Gasteiger partial charge in [-0.25, -0.2) is 14.4 Å². The lowest BCUT2D eigenvalue weighted by Gasteiger charge is -2.43. The lowest BCUT2D eigenvalue weighted by molar-refractivity contribution is -0.201. The number of aliphatic hydroxyl groups excluding tert-OH is 1. The summed E-state index contributed by atoms with van der Waals surface area (Å²) in [6.07, 6.45) is 17.1. The van der Waals surface area contributed by atoms with Gasteiger partial charge in [0.1, 0.15) is 36.4 Å². The molecule has 2 aromatic carbocycles. The number of carboxylic acid groups (broad SMARTS) is 2. The molecule has 0 bridgehead atoms. The van der Waals surface area contributed by atoms with E-state index in [0.717, 1.165) is 64.2 Å². The highest BCUT2D eigenvalue weighted by atomic mass is 32.2. The van der Waals surface area contributed by atoms with E-state index in [9.17, 15) is 73.1 Å². The lowest BCUT2D eigenvalue weighted by Crippen LogP contribution is -2.63. The summed E-state index contributed by atoms with van der Waals surface area (Å²) in [5, 5.41) is 51.6. The third-order valence-electron chi connectivity index (χ3n) is 15.5. The molecule has 11 atom stereocenters. The molecule has 3 unspecified atom stereocenters. The Morgan fingerprint density at radius 2 is 1.12 bits per heavy atom. The molecule has 460 valence electrons. The summed E-state index contributed by atoms with van der Waals surface area (Å²) in [6.45, 7) is 6.96. The number of allylic oxidation sites excluding steroid dienone is 4. The number of carbonyl (C=O) groups is 9. The molecule has 0 saturated carbocycles. The van der Waals surface area contributed by atoms with E-state index in [-0.39, 0.29) is 96.7 Å². The summed E-state index contributed by atoms with van der Waals surface area (Å²) in [6, 6.07) is 8.55. The molecular weight excluding hydrogens is 1130 g/mol. The van der Waals surface area contributed by atoms with Crippen LogP contribution in [0.5, 0.6) is 11.5 Å². The van der Waals surface area contributed by atoms with Crippen molar-refractivity contribution in [1.82, 2.24) is 20.2 Å². The normalized spacial score (nSPS) is 27.6. The minimum Gasteiger partial charge on any atom is -0.508 e. The number of carboxylic acids is 2. The molecule has 8 N–H and O–H groups in total. The number of nitrogens with zero attached hydrogens (tertiary/aromatic N) is 3. The summed E-state index contributed by atoms with van der Waals surface area (Å²) >= 11 is 2.82. The number of nitrogens with one attached hydrogen (secondary N) is 1. The number of aliphatic hydroxyl groups is 1. The Bertz CT molecular complexity index is 2760. The fraction of sp³-hybridized carbons (Fsp3) is 0.576. The van der Waals surface area contributed by atoms with Gasteiger partial charge in [-0.1, -0.05) is 48.6 Å². The highest BCUT2D eigenvalue weighted by Crippen LogP contribution is 2.55. The maximum absolute atomic E-state index is 13.5. The number of Topliss-reactive ketones (excluding diaryl/α,β-unsaturated/α-hetero) is 2. The van der Waals surface area contributed by atoms with E-state index in [1.54, 1.807) is 52.0 Å². The van der Waals surface area contributed by atoms with Crippen molar-refractivity contribution in [2.45, 2.75) is 180 Å². The van der Waals surface area contributed by atoms with Crippen LogP contribution in [0.15, 0.2) is 72.8 Å². The van der Waals surface area contributed by atoms with Gasteiger partial charge in [0.05, 0.1) is 62.0 Å². The zero-order chi connectivity index (χ0) is 62.3. The van der Waals surface area contributed by atoms with Crippen molar-refractivity contribution < 1.29 is 88.8 Å². The number of nitrogens with two attached hydrogens (primary N) is 1. The largest absolute Gasteiger partial charge is 0.508 e. The maximum atomic E-state index is 13.5. The number of phenols is 2. The number of carbonyl (C=O) groups excluding carboxylic acids is 7. The van der Waals surface area contributed by atoms with E-state index in [4.69, 9.17) is 21.4 Å². The summed E-state index contributed by atoms with van der Waals surface area (Å²) in [4.78, 5) is 116. The summed E-state index contributed by atoms with van der Waals surface area (Å²) < 4.78 is 25.7. The molecule has 0 radical (unpaired) electrons. The average molecular weight is 1210 g/mol. The first-order chi connectivity index (χ1) is 40.3. The van der Waals surface area contributed by atoms with Crippen molar-refractivity contribution >= 4 is 76.6 Å². The molecule has 7 aliphatic rings. The average Bonchev–Trinajstić information content (AvgIpc) is 1.81. The van der Waals surface area contributed by atoms with Crippen LogP contribution in [0.1, 0.15) is 142 Å². The number of β-lactam (4-membered cyclic amide) rings is 2. The van der Waals surface area contributed by atoms with Crippen LogP contribution in [0, 0.1) is 11.8 Å². The Labute approximate surface area is 497 Å². The Morgan fingerprint density at radius 3 is 1.58 bits per heavy atom. The standard InChI is InChI=1S/C27H36N2O7S.C17H20N2O5S.C14H19NO5.CH3F/c1-27(2)23(26(34)35)29-24(33)19(25(29)37-27)14-20(31)22(16-10-12-17(30)13-11-16)28-21(32)15-36-18-8-6-4-3-5-7-9-18;1-17(2)13(16(23)24)19-14(22)10(15(19)25-17)7-11(21)12(18)8-3-5-9(20)6-4-8;16-12-8-9-13(17)15(12)20-14(18)10-19-11-6-4-2-1-3-5-7-11;1-2/h3-4,10-13,18-19,21-23,25,28,30,32H,5-9,14-15H2,1-2H3,(H,34,35);3-6,10,12-13,15,20H,7,18H2,1-2H3,(H,23,24);1-2,11H,3-10H2;1H3/b4-3+;;2-1+;/t18?,19-,21?,22-,23+,25-;10-,12-,13+,15-;;/m11../s1/i;;;1D. The van der Waals surface area contributed by atoms with Crippen LogP contribution in [-0.2, 0) is 57.5 Å². The number of thioether (sulfide) groups is 2. The number of amides is 4. The third kappa shape index (κ3) is 16.8. The summed E-state index contributed by atoms with van der Waals surface area (Å²) in [5.74, 6) is -5.98. The number of halogens is 1. The Morgan fingerprint density at radius 1 is 0.690 bits per heavy atom. The Hall–Kier alpha value is -6.22. The van der Waals surface area contributed by atoms with Crippen LogP contribution in [0.4, 0.5) is 4.39 Å². The minimum atomic E-state index is -1.12. The van der Waals surface area contributed by atoms with Crippen LogP contribution < -0.4 is 11.1 Å². The molecule has 5 heterocycles. The van der Waals surface area contributed by atoms with Crippen LogP contribution in [-0.4, -0.2) is 165 Å². The first-order valence-electron chi connectivity index (χ1n) is 28.7. The number of benzene rings is 2. The fourth-order valence-electron chi connectivity index (χ4n) is 11.2. The van der Waals surface area contributed by atoms with Gasteiger partial charge in [0.2, 0.25) is 11.8 Å². The fourth-order valence-corrected chi connectivity index (χ4v) is 14.5. The molecule has 0 aromatic heterocycles. The van der Waals surface area contributed by atoms with Gasteiger partial charge >= 0.3 is 17.9 Å². The van der Waals surface area contributed by atoms with Crippen molar-refractivity contribution in [3.05, 3.63) is 84.0 Å². The van der Waals surface area contributed by atoms with E-state index in [1.165, 1.54) is 57.6 Å². The number of hydrogen-bond acceptors (Lipinski definition) is 19. The smallest absolute Gasteiger partial charge is 0.358 e.